The average Bonchev–Trinajstić information content (AvgIpc) is 2.26. The quantitative estimate of drug-likeness (QED) is 0.813. The molecule has 0 amide bonds. The maximum atomic E-state index is 10.5. The van der Waals surface area contributed by atoms with Crippen LogP contribution in [0.3, 0.4) is 0 Å². The van der Waals surface area contributed by atoms with Gasteiger partial charge in [-0.05, 0) is 43.9 Å². The Morgan fingerprint density at radius 1 is 1.56 bits per heavy atom. The summed E-state index contributed by atoms with van der Waals surface area (Å²) in [6, 6.07) is 3.72. The molecule has 1 saturated carbocycles. The van der Waals surface area contributed by atoms with Crippen LogP contribution in [-0.4, -0.2) is 22.7 Å². The predicted molar refractivity (Wildman–Crippen MR) is 68.5 cm³/mol. The molecular formula is C14H17NO3. The predicted octanol–water partition coefficient (Wildman–Crippen LogP) is 2.67. The highest BCUT2D eigenvalue weighted by Crippen LogP contribution is 2.28. The van der Waals surface area contributed by atoms with Crippen LogP contribution in [0.4, 0.5) is 0 Å². The molecule has 0 aromatic carbocycles. The van der Waals surface area contributed by atoms with Gasteiger partial charge in [0.2, 0.25) is 0 Å². The molecule has 0 spiro atoms. The molecule has 0 saturated heterocycles. The number of hydrogen-bond donors (Lipinski definition) is 1. The first-order valence-corrected chi connectivity index (χ1v) is 6.16. The van der Waals surface area contributed by atoms with E-state index in [0.29, 0.717) is 24.0 Å². The van der Waals surface area contributed by atoms with E-state index < -0.39 is 5.97 Å². The maximum absolute atomic E-state index is 10.5. The van der Waals surface area contributed by atoms with Crippen LogP contribution < -0.4 is 4.74 Å². The number of aliphatic carboxylic acids is 1. The normalized spacial score (nSPS) is 15.6. The zero-order valence-electron chi connectivity index (χ0n) is 10.4. The molecular weight excluding hydrogens is 230 g/mol. The van der Waals surface area contributed by atoms with Crippen molar-refractivity contribution in [2.45, 2.75) is 26.2 Å². The first-order valence-electron chi connectivity index (χ1n) is 6.16. The van der Waals surface area contributed by atoms with Crippen molar-refractivity contribution >= 4 is 12.0 Å². The Kier molecular flexibility index (Phi) is 3.97. The van der Waals surface area contributed by atoms with Crippen LogP contribution in [0, 0.1) is 12.8 Å². The van der Waals surface area contributed by atoms with Crippen LogP contribution in [0.1, 0.15) is 30.7 Å². The number of pyridine rings is 1. The number of carboxylic acids is 1. The number of carbonyl (C=O) groups is 1. The lowest BCUT2D eigenvalue weighted by molar-refractivity contribution is -0.131. The monoisotopic (exact) mass is 247 g/mol. The van der Waals surface area contributed by atoms with Crippen molar-refractivity contribution in [3.63, 3.8) is 0 Å². The number of rotatable bonds is 5. The number of nitrogens with zero attached hydrogens (tertiary/aromatic N) is 1. The fourth-order valence-corrected chi connectivity index (χ4v) is 1.82. The van der Waals surface area contributed by atoms with Crippen molar-refractivity contribution in [3.05, 3.63) is 29.6 Å². The van der Waals surface area contributed by atoms with E-state index in [9.17, 15) is 4.79 Å². The number of aromatic nitrogens is 1. The van der Waals surface area contributed by atoms with Crippen molar-refractivity contribution in [2.75, 3.05) is 6.61 Å². The van der Waals surface area contributed by atoms with Gasteiger partial charge in [0.15, 0.2) is 0 Å². The van der Waals surface area contributed by atoms with Crippen molar-refractivity contribution in [1.29, 1.82) is 0 Å². The van der Waals surface area contributed by atoms with Crippen LogP contribution in [-0.2, 0) is 4.79 Å². The highest BCUT2D eigenvalue weighted by atomic mass is 16.5. The van der Waals surface area contributed by atoms with E-state index in [4.69, 9.17) is 9.84 Å². The van der Waals surface area contributed by atoms with Gasteiger partial charge in [-0.15, -0.1) is 0 Å². The third kappa shape index (κ3) is 3.32. The molecule has 1 aromatic heterocycles. The Hall–Kier alpha value is -1.84. The van der Waals surface area contributed by atoms with E-state index >= 15 is 0 Å². The largest absolute Gasteiger partial charge is 0.491 e. The fourth-order valence-electron chi connectivity index (χ4n) is 1.82. The molecule has 1 N–H and O–H groups in total. The summed E-state index contributed by atoms with van der Waals surface area (Å²) in [5.41, 5.74) is 1.42. The Labute approximate surface area is 106 Å². The summed E-state index contributed by atoms with van der Waals surface area (Å²) >= 11 is 0. The van der Waals surface area contributed by atoms with Crippen molar-refractivity contribution < 1.29 is 14.6 Å². The average molecular weight is 247 g/mol. The van der Waals surface area contributed by atoms with E-state index in [1.807, 2.05) is 19.1 Å². The summed E-state index contributed by atoms with van der Waals surface area (Å²) in [5.74, 6) is 0.316. The van der Waals surface area contributed by atoms with Crippen LogP contribution in [0.2, 0.25) is 0 Å². The Morgan fingerprint density at radius 3 is 2.94 bits per heavy atom. The summed E-state index contributed by atoms with van der Waals surface area (Å²) in [5, 5.41) is 8.64. The van der Waals surface area contributed by atoms with Gasteiger partial charge in [-0.1, -0.05) is 6.42 Å². The number of aryl methyl sites for hydroxylation is 1. The van der Waals surface area contributed by atoms with Crippen LogP contribution in [0.15, 0.2) is 18.2 Å². The zero-order chi connectivity index (χ0) is 13.0. The number of carboxylic acid groups (broad SMARTS) is 1. The zero-order valence-corrected chi connectivity index (χ0v) is 10.4. The standard InChI is InChI=1S/C14H17NO3/c1-10-5-7-13(18-9-11-3-2-4-11)12(15-10)6-8-14(16)17/h5-8,11H,2-4,9H2,1H3,(H,16,17). The summed E-state index contributed by atoms with van der Waals surface area (Å²) in [4.78, 5) is 14.8. The topological polar surface area (TPSA) is 59.4 Å². The molecule has 96 valence electrons. The molecule has 1 aromatic rings. The van der Waals surface area contributed by atoms with Gasteiger partial charge in [0.05, 0.1) is 6.61 Å². The Morgan fingerprint density at radius 2 is 2.33 bits per heavy atom. The molecule has 0 unspecified atom stereocenters. The molecule has 0 bridgehead atoms. The van der Waals surface area contributed by atoms with Gasteiger partial charge in [0, 0.05) is 11.8 Å². The molecule has 1 fully saturated rings. The molecule has 4 nitrogen and oxygen atoms in total. The van der Waals surface area contributed by atoms with Crippen molar-refractivity contribution in [3.8, 4) is 5.75 Å². The molecule has 0 radical (unpaired) electrons. The second-order valence-corrected chi connectivity index (χ2v) is 4.62. The second kappa shape index (κ2) is 5.67. The molecule has 4 heteroatoms. The minimum atomic E-state index is -0.983. The Bertz CT molecular complexity index is 464. The van der Waals surface area contributed by atoms with Gasteiger partial charge in [0.1, 0.15) is 11.4 Å². The smallest absolute Gasteiger partial charge is 0.328 e. The SMILES string of the molecule is Cc1ccc(OCC2CCC2)c(C=CC(=O)O)n1. The minimum absolute atomic E-state index is 0.580. The molecule has 1 aliphatic carbocycles. The molecule has 1 heterocycles. The van der Waals surface area contributed by atoms with E-state index in [1.54, 1.807) is 0 Å². The highest BCUT2D eigenvalue weighted by Gasteiger charge is 2.18. The molecule has 0 aliphatic heterocycles. The summed E-state index contributed by atoms with van der Waals surface area (Å²) < 4.78 is 5.72. The molecule has 2 rings (SSSR count). The minimum Gasteiger partial charge on any atom is -0.491 e. The lowest BCUT2D eigenvalue weighted by Crippen LogP contribution is -2.19. The van der Waals surface area contributed by atoms with E-state index in [0.717, 1.165) is 11.8 Å². The first-order chi connectivity index (χ1) is 8.65. The maximum Gasteiger partial charge on any atom is 0.328 e. The van der Waals surface area contributed by atoms with Gasteiger partial charge in [-0.25, -0.2) is 9.78 Å². The lowest BCUT2D eigenvalue weighted by atomic mass is 9.86. The van der Waals surface area contributed by atoms with E-state index in [1.165, 1.54) is 25.3 Å². The number of hydrogen-bond acceptors (Lipinski definition) is 3. The van der Waals surface area contributed by atoms with Crippen LogP contribution in [0.25, 0.3) is 6.08 Å². The van der Waals surface area contributed by atoms with Gasteiger partial charge >= 0.3 is 5.97 Å². The fraction of sp³-hybridized carbons (Fsp3) is 0.429. The Balaban J connectivity index is 2.08. The first kappa shape index (κ1) is 12.6. The van der Waals surface area contributed by atoms with Gasteiger partial charge in [0.25, 0.3) is 0 Å². The van der Waals surface area contributed by atoms with Gasteiger partial charge in [-0.3, -0.25) is 0 Å². The third-order valence-corrected chi connectivity index (χ3v) is 3.11. The highest BCUT2D eigenvalue weighted by molar-refractivity contribution is 5.85. The van der Waals surface area contributed by atoms with Crippen LogP contribution >= 0.6 is 0 Å². The summed E-state index contributed by atoms with van der Waals surface area (Å²) in [6.45, 7) is 2.56. The lowest BCUT2D eigenvalue weighted by Gasteiger charge is -2.25. The van der Waals surface area contributed by atoms with Gasteiger partial charge in [-0.2, -0.15) is 0 Å². The number of ether oxygens (including phenoxy) is 1. The van der Waals surface area contributed by atoms with E-state index in [-0.39, 0.29) is 0 Å². The van der Waals surface area contributed by atoms with Crippen molar-refractivity contribution in [2.24, 2.45) is 5.92 Å². The molecule has 0 atom stereocenters. The molecule has 18 heavy (non-hydrogen) atoms. The van der Waals surface area contributed by atoms with Crippen molar-refractivity contribution in [1.82, 2.24) is 4.98 Å². The second-order valence-electron chi connectivity index (χ2n) is 4.62. The van der Waals surface area contributed by atoms with Gasteiger partial charge < -0.3 is 9.84 Å². The molecule has 1 aliphatic rings. The third-order valence-electron chi connectivity index (χ3n) is 3.11. The van der Waals surface area contributed by atoms with E-state index in [2.05, 4.69) is 4.98 Å². The summed E-state index contributed by atoms with van der Waals surface area (Å²) in [6.07, 6.45) is 6.29. The van der Waals surface area contributed by atoms with Crippen LogP contribution in [0.5, 0.6) is 5.75 Å². The summed E-state index contributed by atoms with van der Waals surface area (Å²) in [7, 11) is 0.